The number of aliphatic hydroxyl groups is 1. The lowest BCUT2D eigenvalue weighted by Gasteiger charge is -2.19. The fourth-order valence-corrected chi connectivity index (χ4v) is 2.97. The normalized spacial score (nSPS) is 24.1. The minimum Gasteiger partial charge on any atom is -0.507 e. The van der Waals surface area contributed by atoms with Crippen LogP contribution in [0.3, 0.4) is 0 Å². The zero-order valence-corrected chi connectivity index (χ0v) is 14.6. The third-order valence-corrected chi connectivity index (χ3v) is 4.41. The molecule has 1 heterocycles. The van der Waals surface area contributed by atoms with Gasteiger partial charge >= 0.3 is 5.97 Å². The van der Waals surface area contributed by atoms with Gasteiger partial charge in [0.2, 0.25) is 0 Å². The van der Waals surface area contributed by atoms with E-state index in [-0.39, 0.29) is 41.2 Å². The number of aromatic hydroxyl groups is 2. The van der Waals surface area contributed by atoms with E-state index in [1.165, 1.54) is 0 Å². The highest BCUT2D eigenvalue weighted by atomic mass is 35.5. The first-order chi connectivity index (χ1) is 11.8. The molecular weight excluding hydrogens is 348 g/mol. The van der Waals surface area contributed by atoms with Crippen molar-refractivity contribution in [2.24, 2.45) is 0 Å². The number of allylic oxidation sites excluding steroid dienone is 2. The topological polar surface area (TPSA) is 104 Å². The summed E-state index contributed by atoms with van der Waals surface area (Å²) in [6.45, 7) is 1.63. The van der Waals surface area contributed by atoms with Crippen LogP contribution in [0.15, 0.2) is 18.2 Å². The Morgan fingerprint density at radius 1 is 1.20 bits per heavy atom. The average molecular weight is 369 g/mol. The third kappa shape index (κ3) is 4.96. The van der Waals surface area contributed by atoms with Gasteiger partial charge in [0.05, 0.1) is 11.1 Å². The van der Waals surface area contributed by atoms with Crippen LogP contribution in [0.4, 0.5) is 0 Å². The van der Waals surface area contributed by atoms with E-state index < -0.39 is 29.7 Å². The van der Waals surface area contributed by atoms with E-state index in [2.05, 4.69) is 0 Å². The summed E-state index contributed by atoms with van der Waals surface area (Å²) in [6.07, 6.45) is 3.51. The lowest BCUT2D eigenvalue weighted by molar-refractivity contribution is -0.117. The molecule has 0 aromatic heterocycles. The number of phenols is 2. The van der Waals surface area contributed by atoms with Crippen molar-refractivity contribution in [3.8, 4) is 11.5 Å². The lowest BCUT2D eigenvalue weighted by atomic mass is 9.98. The third-order valence-electron chi connectivity index (χ3n) is 3.99. The average Bonchev–Trinajstić information content (AvgIpc) is 2.50. The first-order valence-electron chi connectivity index (χ1n) is 8.08. The zero-order chi connectivity index (χ0) is 18.6. The smallest absolute Gasteiger partial charge is 0.342 e. The second kappa shape index (κ2) is 8.36. The van der Waals surface area contributed by atoms with Crippen molar-refractivity contribution in [3.63, 3.8) is 0 Å². The van der Waals surface area contributed by atoms with Crippen LogP contribution in [0.5, 0.6) is 11.5 Å². The highest BCUT2D eigenvalue weighted by Gasteiger charge is 2.26. The molecular formula is C18H21ClO6. The number of rotatable bonds is 0. The Balaban J connectivity index is 2.45. The Bertz CT molecular complexity index is 697. The maximum atomic E-state index is 12.5. The number of carbonyl (C=O) groups is 2. The highest BCUT2D eigenvalue weighted by Crippen LogP contribution is 2.37. The number of Topliss-reactive ketones (excluding diaryl/α,β-unsaturated/α-hetero) is 1. The number of ketones is 1. The molecule has 25 heavy (non-hydrogen) atoms. The highest BCUT2D eigenvalue weighted by molar-refractivity contribution is 6.33. The van der Waals surface area contributed by atoms with Crippen LogP contribution in [0.25, 0.3) is 0 Å². The van der Waals surface area contributed by atoms with Gasteiger partial charge in [0.15, 0.2) is 0 Å². The molecule has 2 atom stereocenters. The number of phenolic OH excluding ortho intramolecular Hbond substituents is 2. The largest absolute Gasteiger partial charge is 0.507 e. The fourth-order valence-electron chi connectivity index (χ4n) is 2.76. The molecule has 0 radical (unpaired) electrons. The summed E-state index contributed by atoms with van der Waals surface area (Å²) in [5.41, 5.74) is -0.203. The molecule has 0 fully saturated rings. The molecule has 1 aromatic rings. The predicted molar refractivity (Wildman–Crippen MR) is 92.0 cm³/mol. The number of ether oxygens (including phenoxy) is 1. The lowest BCUT2D eigenvalue weighted by Crippen LogP contribution is -2.22. The number of hydrogen-bond donors (Lipinski definition) is 3. The van der Waals surface area contributed by atoms with Crippen LogP contribution in [0.2, 0.25) is 5.02 Å². The van der Waals surface area contributed by atoms with Gasteiger partial charge in [0, 0.05) is 30.9 Å². The number of esters is 1. The second-order valence-corrected chi connectivity index (χ2v) is 6.53. The van der Waals surface area contributed by atoms with Crippen molar-refractivity contribution in [2.75, 3.05) is 0 Å². The van der Waals surface area contributed by atoms with Gasteiger partial charge in [0.25, 0.3) is 0 Å². The molecule has 1 unspecified atom stereocenters. The number of fused-ring (bicyclic) bond motifs is 1. The first kappa shape index (κ1) is 19.3. The molecule has 2 rings (SSSR count). The molecule has 0 saturated heterocycles. The maximum absolute atomic E-state index is 12.5. The zero-order valence-electron chi connectivity index (χ0n) is 13.9. The van der Waals surface area contributed by atoms with Crippen molar-refractivity contribution in [1.29, 1.82) is 0 Å². The van der Waals surface area contributed by atoms with E-state index in [0.717, 1.165) is 6.07 Å². The Hall–Kier alpha value is -2.05. The van der Waals surface area contributed by atoms with Crippen LogP contribution < -0.4 is 0 Å². The fraction of sp³-hybridized carbons (Fsp3) is 0.444. The Morgan fingerprint density at radius 2 is 1.92 bits per heavy atom. The van der Waals surface area contributed by atoms with Crippen molar-refractivity contribution in [1.82, 2.24) is 0 Å². The van der Waals surface area contributed by atoms with Crippen LogP contribution in [-0.4, -0.2) is 39.3 Å². The minimum absolute atomic E-state index is 0.0346. The van der Waals surface area contributed by atoms with E-state index in [1.54, 1.807) is 13.0 Å². The number of hydrogen-bond acceptors (Lipinski definition) is 6. The van der Waals surface area contributed by atoms with Gasteiger partial charge in [-0.2, -0.15) is 0 Å². The molecule has 0 amide bonds. The van der Waals surface area contributed by atoms with Gasteiger partial charge in [-0.25, -0.2) is 4.79 Å². The summed E-state index contributed by atoms with van der Waals surface area (Å²) in [6, 6.07) is 0.940. The molecule has 1 aliphatic heterocycles. The van der Waals surface area contributed by atoms with Gasteiger partial charge in [0.1, 0.15) is 28.9 Å². The molecule has 136 valence electrons. The summed E-state index contributed by atoms with van der Waals surface area (Å²) in [5, 5.41) is 29.6. The van der Waals surface area contributed by atoms with Gasteiger partial charge in [-0.15, -0.1) is 0 Å². The van der Waals surface area contributed by atoms with E-state index in [4.69, 9.17) is 16.3 Å². The molecule has 1 aromatic carbocycles. The van der Waals surface area contributed by atoms with Crippen molar-refractivity contribution < 1.29 is 29.6 Å². The quantitative estimate of drug-likeness (QED) is 0.480. The van der Waals surface area contributed by atoms with Crippen LogP contribution >= 0.6 is 11.6 Å². The van der Waals surface area contributed by atoms with Crippen LogP contribution in [0, 0.1) is 0 Å². The molecule has 0 saturated carbocycles. The second-order valence-electron chi connectivity index (χ2n) is 6.16. The van der Waals surface area contributed by atoms with Crippen molar-refractivity contribution >= 4 is 23.4 Å². The van der Waals surface area contributed by atoms with Gasteiger partial charge in [-0.3, -0.25) is 4.79 Å². The number of halogens is 1. The Morgan fingerprint density at radius 3 is 2.64 bits per heavy atom. The number of benzene rings is 1. The standard InChI is InChI=1S/C18H21ClO6/c1-10-7-11(20)5-3-2-4-6-12(21)8-13-16(18(24)25-10)14(22)9-15(23)17(13)19/h2,4,9-11,20,22-23H,3,5-8H2,1H3/b4-2+/t10-,11?/m1/s1. The summed E-state index contributed by atoms with van der Waals surface area (Å²) in [4.78, 5) is 24.6. The van der Waals surface area contributed by atoms with Crippen LogP contribution in [0.1, 0.15) is 48.5 Å². The van der Waals surface area contributed by atoms with Crippen molar-refractivity contribution in [2.45, 2.75) is 51.2 Å². The van der Waals surface area contributed by atoms with Gasteiger partial charge < -0.3 is 20.1 Å². The molecule has 6 nitrogen and oxygen atoms in total. The monoisotopic (exact) mass is 368 g/mol. The minimum atomic E-state index is -0.852. The molecule has 3 N–H and O–H groups in total. The van der Waals surface area contributed by atoms with Gasteiger partial charge in [-0.1, -0.05) is 23.8 Å². The first-order valence-corrected chi connectivity index (χ1v) is 8.46. The predicted octanol–water partition coefficient (Wildman–Crippen LogP) is 2.90. The van der Waals surface area contributed by atoms with E-state index >= 15 is 0 Å². The maximum Gasteiger partial charge on any atom is 0.342 e. The molecule has 0 bridgehead atoms. The number of cyclic esters (lactones) is 1. The summed E-state index contributed by atoms with van der Waals surface area (Å²) >= 11 is 6.05. The molecule has 1 aliphatic rings. The number of carbonyl (C=O) groups excluding carboxylic acids is 2. The van der Waals surface area contributed by atoms with Gasteiger partial charge in [-0.05, 0) is 19.8 Å². The summed E-state index contributed by atoms with van der Waals surface area (Å²) in [5.74, 6) is -2.01. The Labute approximate surface area is 150 Å². The molecule has 7 heteroatoms. The van der Waals surface area contributed by atoms with E-state index in [1.807, 2.05) is 6.08 Å². The number of aliphatic hydroxyl groups excluding tert-OH is 1. The summed E-state index contributed by atoms with van der Waals surface area (Å²) in [7, 11) is 0. The van der Waals surface area contributed by atoms with E-state index in [0.29, 0.717) is 12.8 Å². The van der Waals surface area contributed by atoms with Crippen molar-refractivity contribution in [3.05, 3.63) is 34.4 Å². The summed E-state index contributed by atoms with van der Waals surface area (Å²) < 4.78 is 5.27. The SMILES string of the molecule is C[C@@H]1CC(O)CC/C=C/CC(=O)Cc2c(Cl)c(O)cc(O)c2C(=O)O1. The molecule has 0 spiro atoms. The molecule has 0 aliphatic carbocycles. The van der Waals surface area contributed by atoms with Crippen LogP contribution in [-0.2, 0) is 16.0 Å². The van der Waals surface area contributed by atoms with E-state index in [9.17, 15) is 24.9 Å². The Kier molecular flexibility index (Phi) is 6.45.